The van der Waals surface area contributed by atoms with Crippen LogP contribution in [0.4, 0.5) is 11.4 Å². The number of nitrogens with two attached hydrogens (primary N) is 1. The van der Waals surface area contributed by atoms with Gasteiger partial charge in [0.2, 0.25) is 0 Å². The van der Waals surface area contributed by atoms with Gasteiger partial charge in [0.1, 0.15) is 0 Å². The number of piperidine rings is 1. The molecule has 1 fully saturated rings. The lowest BCUT2D eigenvalue weighted by Crippen LogP contribution is -2.37. The molecule has 2 N–H and O–H groups in total. The summed E-state index contributed by atoms with van der Waals surface area (Å²) in [5.74, 6) is 0. The molecule has 0 spiro atoms. The van der Waals surface area contributed by atoms with Gasteiger partial charge in [-0.1, -0.05) is 0 Å². The van der Waals surface area contributed by atoms with Gasteiger partial charge in [0, 0.05) is 24.5 Å². The van der Waals surface area contributed by atoms with Gasteiger partial charge in [-0.15, -0.1) is 0 Å². The quantitative estimate of drug-likeness (QED) is 0.832. The third-order valence-corrected chi connectivity index (χ3v) is 3.93. The van der Waals surface area contributed by atoms with E-state index in [1.807, 2.05) is 24.0 Å². The van der Waals surface area contributed by atoms with Crippen molar-refractivity contribution in [1.29, 1.82) is 0 Å². The average molecular weight is 223 g/mol. The molecule has 1 atom stereocenters. The zero-order chi connectivity index (χ0) is 10.7. The number of thioether (sulfide) groups is 1. The van der Waals surface area contributed by atoms with Crippen LogP contribution in [0.3, 0.4) is 0 Å². The fraction of sp³-hybridized carbons (Fsp3) is 0.545. The largest absolute Gasteiger partial charge is 0.396 e. The molecule has 1 aliphatic rings. The first-order chi connectivity index (χ1) is 7.31. The maximum absolute atomic E-state index is 5.93. The van der Waals surface area contributed by atoms with Crippen molar-refractivity contribution >= 4 is 23.1 Å². The first-order valence-corrected chi connectivity index (χ1v) is 6.57. The summed E-state index contributed by atoms with van der Waals surface area (Å²) in [5.41, 5.74) is 7.86. The maximum Gasteiger partial charge on any atom is 0.0738 e. The lowest BCUT2D eigenvalue weighted by Gasteiger charge is -2.34. The number of rotatable bonds is 2. The van der Waals surface area contributed by atoms with E-state index in [0.717, 1.165) is 29.7 Å². The van der Waals surface area contributed by atoms with Crippen LogP contribution in [-0.2, 0) is 0 Å². The zero-order valence-corrected chi connectivity index (χ0v) is 9.83. The molecule has 0 radical (unpaired) electrons. The Bertz CT molecular complexity index is 329. The van der Waals surface area contributed by atoms with Crippen LogP contribution in [0.1, 0.15) is 12.8 Å². The second kappa shape index (κ2) is 4.75. The highest BCUT2D eigenvalue weighted by Crippen LogP contribution is 2.28. The molecule has 3 nitrogen and oxygen atoms in total. The van der Waals surface area contributed by atoms with E-state index in [1.54, 1.807) is 6.20 Å². The number of anilines is 2. The van der Waals surface area contributed by atoms with Crippen molar-refractivity contribution in [2.75, 3.05) is 30.0 Å². The molecule has 1 aromatic heterocycles. The smallest absolute Gasteiger partial charge is 0.0738 e. The monoisotopic (exact) mass is 223 g/mol. The summed E-state index contributed by atoms with van der Waals surface area (Å²) in [5, 5.41) is 0.742. The van der Waals surface area contributed by atoms with Crippen LogP contribution < -0.4 is 10.6 Å². The number of aromatic nitrogens is 1. The van der Waals surface area contributed by atoms with Crippen LogP contribution in [0.15, 0.2) is 18.5 Å². The van der Waals surface area contributed by atoms with Crippen LogP contribution in [0, 0.1) is 0 Å². The van der Waals surface area contributed by atoms with Crippen LogP contribution in [0.2, 0.25) is 0 Å². The number of nitrogen functional groups attached to an aromatic ring is 1. The van der Waals surface area contributed by atoms with Crippen LogP contribution >= 0.6 is 11.8 Å². The van der Waals surface area contributed by atoms with Gasteiger partial charge in [0.05, 0.1) is 17.6 Å². The molecule has 15 heavy (non-hydrogen) atoms. The Morgan fingerprint density at radius 3 is 3.20 bits per heavy atom. The predicted molar refractivity (Wildman–Crippen MR) is 67.4 cm³/mol. The van der Waals surface area contributed by atoms with Gasteiger partial charge in [-0.25, -0.2) is 0 Å². The molecular formula is C11H17N3S. The molecule has 0 aromatic carbocycles. The molecule has 1 aliphatic heterocycles. The first kappa shape index (κ1) is 10.6. The maximum atomic E-state index is 5.93. The Morgan fingerprint density at radius 2 is 2.47 bits per heavy atom. The summed E-state index contributed by atoms with van der Waals surface area (Å²) < 4.78 is 0. The summed E-state index contributed by atoms with van der Waals surface area (Å²) in [6, 6.07) is 2.01. The molecule has 4 heteroatoms. The number of hydrogen-bond donors (Lipinski definition) is 1. The number of nitrogens with zero attached hydrogens (tertiary/aromatic N) is 2. The predicted octanol–water partition coefficient (Wildman–Crippen LogP) is 2.00. The minimum atomic E-state index is 0.742. The Kier molecular flexibility index (Phi) is 3.36. The molecule has 0 bridgehead atoms. The number of hydrogen-bond acceptors (Lipinski definition) is 4. The molecule has 1 aromatic rings. The van der Waals surface area contributed by atoms with Crippen LogP contribution in [0.25, 0.3) is 0 Å². The molecule has 2 heterocycles. The Morgan fingerprint density at radius 1 is 1.60 bits per heavy atom. The molecule has 82 valence electrons. The minimum Gasteiger partial charge on any atom is -0.396 e. The van der Waals surface area contributed by atoms with Crippen molar-refractivity contribution in [1.82, 2.24) is 4.98 Å². The summed E-state index contributed by atoms with van der Waals surface area (Å²) in [7, 11) is 0. The van der Waals surface area contributed by atoms with Gasteiger partial charge >= 0.3 is 0 Å². The van der Waals surface area contributed by atoms with Crippen molar-refractivity contribution in [3.8, 4) is 0 Å². The SMILES string of the molecule is CSC1CCCN(c2ccncc2N)C1. The Labute approximate surface area is 95.1 Å². The summed E-state index contributed by atoms with van der Waals surface area (Å²) in [4.78, 5) is 6.40. The molecule has 0 aliphatic carbocycles. The second-order valence-corrected chi connectivity index (χ2v) is 5.02. The van der Waals surface area contributed by atoms with Crippen molar-refractivity contribution in [3.05, 3.63) is 18.5 Å². The lowest BCUT2D eigenvalue weighted by molar-refractivity contribution is 0.591. The van der Waals surface area contributed by atoms with Crippen LogP contribution in [-0.4, -0.2) is 29.6 Å². The number of pyridine rings is 1. The van der Waals surface area contributed by atoms with Gasteiger partial charge in [-0.2, -0.15) is 11.8 Å². The van der Waals surface area contributed by atoms with E-state index in [-0.39, 0.29) is 0 Å². The van der Waals surface area contributed by atoms with E-state index in [0.29, 0.717) is 0 Å². The molecule has 0 amide bonds. The minimum absolute atomic E-state index is 0.742. The normalized spacial score (nSPS) is 21.7. The van der Waals surface area contributed by atoms with E-state index in [4.69, 9.17) is 5.73 Å². The second-order valence-electron chi connectivity index (χ2n) is 3.88. The fourth-order valence-corrected chi connectivity index (χ4v) is 2.77. The van der Waals surface area contributed by atoms with Crippen molar-refractivity contribution in [2.24, 2.45) is 0 Å². The van der Waals surface area contributed by atoms with Crippen molar-refractivity contribution in [3.63, 3.8) is 0 Å². The van der Waals surface area contributed by atoms with Gasteiger partial charge in [-0.05, 0) is 25.2 Å². The Hall–Kier alpha value is -0.900. The topological polar surface area (TPSA) is 42.2 Å². The van der Waals surface area contributed by atoms with Gasteiger partial charge in [0.15, 0.2) is 0 Å². The van der Waals surface area contributed by atoms with E-state index >= 15 is 0 Å². The summed E-state index contributed by atoms with van der Waals surface area (Å²) >= 11 is 1.95. The zero-order valence-electron chi connectivity index (χ0n) is 9.02. The van der Waals surface area contributed by atoms with E-state index < -0.39 is 0 Å². The van der Waals surface area contributed by atoms with E-state index in [9.17, 15) is 0 Å². The Balaban J connectivity index is 2.13. The molecule has 0 saturated carbocycles. The molecular weight excluding hydrogens is 206 g/mol. The third kappa shape index (κ3) is 2.37. The average Bonchev–Trinajstić information content (AvgIpc) is 2.30. The van der Waals surface area contributed by atoms with Gasteiger partial charge < -0.3 is 10.6 Å². The van der Waals surface area contributed by atoms with Crippen molar-refractivity contribution in [2.45, 2.75) is 18.1 Å². The molecule has 1 unspecified atom stereocenters. The lowest BCUT2D eigenvalue weighted by atomic mass is 10.1. The highest BCUT2D eigenvalue weighted by molar-refractivity contribution is 7.99. The van der Waals surface area contributed by atoms with Gasteiger partial charge in [-0.3, -0.25) is 4.98 Å². The highest BCUT2D eigenvalue weighted by atomic mass is 32.2. The summed E-state index contributed by atoms with van der Waals surface area (Å²) in [6.45, 7) is 2.22. The third-order valence-electron chi connectivity index (χ3n) is 2.88. The molecule has 2 rings (SSSR count). The molecule has 1 saturated heterocycles. The first-order valence-electron chi connectivity index (χ1n) is 5.28. The van der Waals surface area contributed by atoms with E-state index in [1.165, 1.54) is 12.8 Å². The highest BCUT2D eigenvalue weighted by Gasteiger charge is 2.20. The summed E-state index contributed by atoms with van der Waals surface area (Å²) in [6.07, 6.45) is 8.31. The van der Waals surface area contributed by atoms with Crippen molar-refractivity contribution < 1.29 is 0 Å². The standard InChI is InChI=1S/C11H17N3S/c1-15-9-3-2-6-14(8-9)11-4-5-13-7-10(11)12/h4-5,7,9H,2-3,6,8,12H2,1H3. The van der Waals surface area contributed by atoms with E-state index in [2.05, 4.69) is 16.1 Å². The van der Waals surface area contributed by atoms with Crippen LogP contribution in [0.5, 0.6) is 0 Å². The van der Waals surface area contributed by atoms with Gasteiger partial charge in [0.25, 0.3) is 0 Å². The fourth-order valence-electron chi connectivity index (χ4n) is 2.04.